The van der Waals surface area contributed by atoms with E-state index in [9.17, 15) is 4.79 Å². The number of amides is 1. The van der Waals surface area contributed by atoms with E-state index >= 15 is 0 Å². The number of aryl methyl sites for hydroxylation is 2. The Labute approximate surface area is 142 Å². The predicted octanol–water partition coefficient (Wildman–Crippen LogP) is 4.42. The zero-order valence-electron chi connectivity index (χ0n) is 13.9. The molecule has 1 amide bonds. The van der Waals surface area contributed by atoms with E-state index in [0.29, 0.717) is 12.1 Å². The van der Waals surface area contributed by atoms with Crippen molar-refractivity contribution in [3.63, 3.8) is 0 Å². The van der Waals surface area contributed by atoms with Crippen molar-refractivity contribution < 1.29 is 4.79 Å². The summed E-state index contributed by atoms with van der Waals surface area (Å²) in [6.07, 6.45) is 7.63. The molecule has 0 bridgehead atoms. The molecule has 0 spiro atoms. The lowest BCUT2D eigenvalue weighted by molar-refractivity contribution is -0.112. The van der Waals surface area contributed by atoms with Crippen molar-refractivity contribution in [1.29, 1.82) is 0 Å². The van der Waals surface area contributed by atoms with Gasteiger partial charge in [0.1, 0.15) is 0 Å². The predicted molar refractivity (Wildman–Crippen MR) is 101 cm³/mol. The van der Waals surface area contributed by atoms with Crippen LogP contribution in [0.2, 0.25) is 0 Å². The molecule has 0 atom stereocenters. The number of aliphatic imine (C=N–C) groups is 1. The first-order chi connectivity index (χ1) is 11.6. The second-order valence-corrected chi connectivity index (χ2v) is 5.90. The maximum absolute atomic E-state index is 12.1. The summed E-state index contributed by atoms with van der Waals surface area (Å²) in [7, 11) is 0. The average Bonchev–Trinajstić information content (AvgIpc) is 3.11. The first kappa shape index (κ1) is 15.9. The molecule has 3 rings (SSSR count). The zero-order valence-corrected chi connectivity index (χ0v) is 13.9. The number of nitrogens with zero attached hydrogens (tertiary/aromatic N) is 1. The highest BCUT2D eigenvalue weighted by Crippen LogP contribution is 2.20. The SMILES string of the molecule is Cc1ccccc1/C=C/c1ccc(NC(=O)C2=CC=NC2)c(C)c1. The largest absolute Gasteiger partial charge is 0.322 e. The molecule has 1 N–H and O–H groups in total. The monoisotopic (exact) mass is 316 g/mol. The Morgan fingerprint density at radius 1 is 1.08 bits per heavy atom. The van der Waals surface area contributed by atoms with E-state index in [1.165, 1.54) is 11.1 Å². The highest BCUT2D eigenvalue weighted by Gasteiger charge is 2.12. The van der Waals surface area contributed by atoms with Crippen molar-refractivity contribution in [2.24, 2.45) is 4.99 Å². The van der Waals surface area contributed by atoms with Crippen molar-refractivity contribution in [1.82, 2.24) is 0 Å². The third kappa shape index (κ3) is 3.69. The van der Waals surface area contributed by atoms with Crippen LogP contribution in [0.15, 0.2) is 59.1 Å². The Morgan fingerprint density at radius 3 is 2.62 bits per heavy atom. The molecule has 3 heteroatoms. The number of allylic oxidation sites excluding steroid dienone is 1. The fourth-order valence-electron chi connectivity index (χ4n) is 2.59. The molecule has 0 aromatic heterocycles. The van der Waals surface area contributed by atoms with Crippen LogP contribution >= 0.6 is 0 Å². The summed E-state index contributed by atoms with van der Waals surface area (Å²) < 4.78 is 0. The van der Waals surface area contributed by atoms with Crippen molar-refractivity contribution in [3.8, 4) is 0 Å². The van der Waals surface area contributed by atoms with Gasteiger partial charge < -0.3 is 5.32 Å². The summed E-state index contributed by atoms with van der Waals surface area (Å²) in [5.41, 5.74) is 6.13. The van der Waals surface area contributed by atoms with Gasteiger partial charge in [0.15, 0.2) is 0 Å². The van der Waals surface area contributed by atoms with Crippen LogP contribution in [-0.4, -0.2) is 18.7 Å². The van der Waals surface area contributed by atoms with Gasteiger partial charge in [0.05, 0.1) is 6.54 Å². The van der Waals surface area contributed by atoms with Crippen molar-refractivity contribution in [3.05, 3.63) is 76.4 Å². The first-order valence-electron chi connectivity index (χ1n) is 7.98. The van der Waals surface area contributed by atoms with Crippen LogP contribution in [0.5, 0.6) is 0 Å². The smallest absolute Gasteiger partial charge is 0.253 e. The lowest BCUT2D eigenvalue weighted by Gasteiger charge is -2.09. The van der Waals surface area contributed by atoms with Crippen LogP contribution in [0.1, 0.15) is 22.3 Å². The van der Waals surface area contributed by atoms with Crippen LogP contribution in [0.4, 0.5) is 5.69 Å². The van der Waals surface area contributed by atoms with Crippen molar-refractivity contribution in [2.75, 3.05) is 11.9 Å². The van der Waals surface area contributed by atoms with Crippen molar-refractivity contribution >= 4 is 30.0 Å². The minimum Gasteiger partial charge on any atom is -0.322 e. The zero-order chi connectivity index (χ0) is 16.9. The van der Waals surface area contributed by atoms with Gasteiger partial charge in [0.2, 0.25) is 0 Å². The molecule has 0 radical (unpaired) electrons. The molecule has 1 aliphatic rings. The van der Waals surface area contributed by atoms with Gasteiger partial charge in [0, 0.05) is 17.5 Å². The van der Waals surface area contributed by atoms with Gasteiger partial charge in [-0.15, -0.1) is 0 Å². The van der Waals surface area contributed by atoms with Crippen LogP contribution in [-0.2, 0) is 4.79 Å². The quantitative estimate of drug-likeness (QED) is 0.833. The minimum atomic E-state index is -0.0844. The third-order valence-electron chi connectivity index (χ3n) is 4.08. The number of benzene rings is 2. The standard InChI is InChI=1S/C21H20N2O/c1-15-5-3-4-6-18(15)9-7-17-8-10-20(16(2)13-17)23-21(24)19-11-12-22-14-19/h3-13H,14H2,1-2H3,(H,23,24)/b9-7+. The van der Waals surface area contributed by atoms with E-state index in [4.69, 9.17) is 0 Å². The Bertz CT molecular complexity index is 860. The number of anilines is 1. The molecular weight excluding hydrogens is 296 g/mol. The minimum absolute atomic E-state index is 0.0844. The normalized spacial score (nSPS) is 13.3. The number of rotatable bonds is 4. The van der Waals surface area contributed by atoms with E-state index in [1.54, 1.807) is 12.3 Å². The van der Waals surface area contributed by atoms with E-state index in [-0.39, 0.29) is 5.91 Å². The number of carbonyl (C=O) groups is 1. The molecule has 1 heterocycles. The number of carbonyl (C=O) groups excluding carboxylic acids is 1. The molecule has 3 nitrogen and oxygen atoms in total. The molecule has 24 heavy (non-hydrogen) atoms. The second-order valence-electron chi connectivity index (χ2n) is 5.90. The Morgan fingerprint density at radius 2 is 1.92 bits per heavy atom. The highest BCUT2D eigenvalue weighted by atomic mass is 16.1. The first-order valence-corrected chi connectivity index (χ1v) is 7.98. The number of hydrogen-bond acceptors (Lipinski definition) is 2. The molecule has 0 unspecified atom stereocenters. The van der Waals surface area contributed by atoms with Crippen LogP contribution in [0.3, 0.4) is 0 Å². The molecule has 0 saturated carbocycles. The molecule has 120 valence electrons. The summed E-state index contributed by atoms with van der Waals surface area (Å²) in [4.78, 5) is 16.2. The number of hydrogen-bond donors (Lipinski definition) is 1. The van der Waals surface area contributed by atoms with Gasteiger partial charge in [-0.3, -0.25) is 9.79 Å². The Balaban J connectivity index is 1.73. The Hall–Kier alpha value is -2.94. The van der Waals surface area contributed by atoms with Gasteiger partial charge in [-0.05, 0) is 54.3 Å². The maximum Gasteiger partial charge on any atom is 0.253 e. The fraction of sp³-hybridized carbons (Fsp3) is 0.143. The average molecular weight is 316 g/mol. The van der Waals surface area contributed by atoms with E-state index in [0.717, 1.165) is 16.8 Å². The van der Waals surface area contributed by atoms with Gasteiger partial charge in [-0.2, -0.15) is 0 Å². The molecule has 0 aliphatic carbocycles. The summed E-state index contributed by atoms with van der Waals surface area (Å²) >= 11 is 0. The van der Waals surface area contributed by atoms with Crippen LogP contribution in [0.25, 0.3) is 12.2 Å². The third-order valence-corrected chi connectivity index (χ3v) is 4.08. The van der Waals surface area contributed by atoms with Gasteiger partial charge in [0.25, 0.3) is 5.91 Å². The van der Waals surface area contributed by atoms with Gasteiger partial charge in [-0.1, -0.05) is 42.5 Å². The van der Waals surface area contributed by atoms with E-state index in [1.807, 2.05) is 31.2 Å². The van der Waals surface area contributed by atoms with Crippen LogP contribution < -0.4 is 5.32 Å². The molecule has 1 aliphatic heterocycles. The van der Waals surface area contributed by atoms with E-state index in [2.05, 4.69) is 47.6 Å². The molecule has 0 saturated heterocycles. The highest BCUT2D eigenvalue weighted by molar-refractivity contribution is 6.07. The maximum atomic E-state index is 12.1. The summed E-state index contributed by atoms with van der Waals surface area (Å²) in [6.45, 7) is 4.56. The number of nitrogens with one attached hydrogen (secondary N) is 1. The van der Waals surface area contributed by atoms with Gasteiger partial charge >= 0.3 is 0 Å². The fourth-order valence-corrected chi connectivity index (χ4v) is 2.59. The molecular formula is C21H20N2O. The topological polar surface area (TPSA) is 41.5 Å². The summed E-state index contributed by atoms with van der Waals surface area (Å²) in [5, 5.41) is 2.95. The molecule has 0 fully saturated rings. The van der Waals surface area contributed by atoms with Gasteiger partial charge in [-0.25, -0.2) is 0 Å². The van der Waals surface area contributed by atoms with E-state index < -0.39 is 0 Å². The molecule has 2 aromatic rings. The van der Waals surface area contributed by atoms with Crippen molar-refractivity contribution in [2.45, 2.75) is 13.8 Å². The second kappa shape index (κ2) is 7.09. The summed E-state index contributed by atoms with van der Waals surface area (Å²) in [6, 6.07) is 14.3. The lowest BCUT2D eigenvalue weighted by atomic mass is 10.1. The van der Waals surface area contributed by atoms with Crippen LogP contribution in [0, 0.1) is 13.8 Å². The lowest BCUT2D eigenvalue weighted by Crippen LogP contribution is -2.15. The summed E-state index contributed by atoms with van der Waals surface area (Å²) in [5.74, 6) is -0.0844. The molecule has 2 aromatic carbocycles. The Kier molecular flexibility index (Phi) is 4.71.